The van der Waals surface area contributed by atoms with Gasteiger partial charge in [0.25, 0.3) is 0 Å². The van der Waals surface area contributed by atoms with Crippen molar-refractivity contribution in [3.05, 3.63) is 46.9 Å². The molecule has 0 spiro atoms. The summed E-state index contributed by atoms with van der Waals surface area (Å²) in [5.74, 6) is 0.807. The number of aryl methyl sites for hydroxylation is 1. The maximum absolute atomic E-state index is 12.0. The van der Waals surface area contributed by atoms with Gasteiger partial charge in [-0.25, -0.2) is 4.98 Å². The van der Waals surface area contributed by atoms with Crippen LogP contribution in [0.25, 0.3) is 0 Å². The van der Waals surface area contributed by atoms with Gasteiger partial charge in [0, 0.05) is 50.6 Å². The number of pyridine rings is 1. The van der Waals surface area contributed by atoms with E-state index in [-0.39, 0.29) is 11.5 Å². The number of hydrogen-bond acceptors (Lipinski definition) is 7. The smallest absolute Gasteiger partial charge is 0.222 e. The minimum atomic E-state index is 0.111. The highest BCUT2D eigenvalue weighted by molar-refractivity contribution is 6.11. The second kappa shape index (κ2) is 12.4. The van der Waals surface area contributed by atoms with Crippen molar-refractivity contribution >= 4 is 30.1 Å². The molecule has 1 fully saturated rings. The largest absolute Gasteiger partial charge is 0.338 e. The van der Waals surface area contributed by atoms with Crippen LogP contribution in [0.2, 0.25) is 0 Å². The van der Waals surface area contributed by atoms with Crippen LogP contribution >= 0.6 is 0 Å². The van der Waals surface area contributed by atoms with E-state index in [9.17, 15) is 19.6 Å². The van der Waals surface area contributed by atoms with E-state index < -0.39 is 0 Å². The fraction of sp³-hybridized carbons (Fsp3) is 0.440. The normalized spacial score (nSPS) is 16.5. The molecule has 0 unspecified atom stereocenters. The lowest BCUT2D eigenvalue weighted by Gasteiger charge is -2.28. The molecule has 0 aromatic carbocycles. The predicted octanol–water partition coefficient (Wildman–Crippen LogP) is 2.68. The van der Waals surface area contributed by atoms with Crippen LogP contribution in [-0.2, 0) is 22.6 Å². The molecule has 0 aliphatic carbocycles. The second-order valence-corrected chi connectivity index (χ2v) is 8.24. The molecular weight excluding hydrogens is 432 g/mol. The number of aldehydes is 1. The first-order valence-electron chi connectivity index (χ1n) is 11.7. The second-order valence-electron chi connectivity index (χ2n) is 8.24. The van der Waals surface area contributed by atoms with Crippen molar-refractivity contribution in [2.24, 2.45) is 4.99 Å². The summed E-state index contributed by atoms with van der Waals surface area (Å²) in [5, 5.41) is 11.9. The lowest BCUT2D eigenvalue weighted by Crippen LogP contribution is -2.28. The molecule has 3 heterocycles. The highest BCUT2D eigenvalue weighted by Gasteiger charge is 2.24. The molecule has 2 aliphatic heterocycles. The molecule has 1 aromatic rings. The third-order valence-corrected chi connectivity index (χ3v) is 5.85. The van der Waals surface area contributed by atoms with Crippen molar-refractivity contribution in [1.29, 1.82) is 5.26 Å². The van der Waals surface area contributed by atoms with Gasteiger partial charge in [-0.15, -0.1) is 0 Å². The summed E-state index contributed by atoms with van der Waals surface area (Å²) in [4.78, 5) is 47.4. The number of hydrogen-bond donors (Lipinski definition) is 1. The Morgan fingerprint density at radius 2 is 2.12 bits per heavy atom. The summed E-state index contributed by atoms with van der Waals surface area (Å²) in [6.45, 7) is 4.45. The van der Waals surface area contributed by atoms with Gasteiger partial charge in [0.2, 0.25) is 12.3 Å². The van der Waals surface area contributed by atoms with Crippen molar-refractivity contribution in [2.75, 3.05) is 24.5 Å². The third-order valence-electron chi connectivity index (χ3n) is 5.85. The van der Waals surface area contributed by atoms with E-state index in [0.717, 1.165) is 49.5 Å². The monoisotopic (exact) mass is 462 g/mol. The quantitative estimate of drug-likeness (QED) is 0.234. The van der Waals surface area contributed by atoms with E-state index in [1.54, 1.807) is 11.0 Å². The van der Waals surface area contributed by atoms with Gasteiger partial charge < -0.3 is 15.1 Å². The topological polar surface area (TPSA) is 119 Å². The molecule has 0 atom stereocenters. The summed E-state index contributed by atoms with van der Waals surface area (Å²) in [6, 6.07) is 4.07. The van der Waals surface area contributed by atoms with Gasteiger partial charge in [-0.2, -0.15) is 5.26 Å². The Hall–Kier alpha value is -3.80. The number of carbonyl (C=O) groups excluding carboxylic acids is 3. The minimum Gasteiger partial charge on any atom is -0.338 e. The lowest BCUT2D eigenvalue weighted by molar-refractivity contribution is -0.128. The maximum Gasteiger partial charge on any atom is 0.222 e. The van der Waals surface area contributed by atoms with Gasteiger partial charge in [-0.3, -0.25) is 19.4 Å². The van der Waals surface area contributed by atoms with Crippen LogP contribution in [0.4, 0.5) is 5.82 Å². The number of amides is 2. The van der Waals surface area contributed by atoms with Crippen molar-refractivity contribution in [3.63, 3.8) is 0 Å². The fourth-order valence-corrected chi connectivity index (χ4v) is 4.06. The van der Waals surface area contributed by atoms with E-state index in [1.807, 2.05) is 17.2 Å². The van der Waals surface area contributed by atoms with Crippen LogP contribution in [0.1, 0.15) is 60.6 Å². The summed E-state index contributed by atoms with van der Waals surface area (Å²) < 4.78 is 0. The molecule has 3 rings (SSSR count). The zero-order valence-electron chi connectivity index (χ0n) is 19.5. The number of aromatic nitrogens is 1. The third kappa shape index (κ3) is 6.16. The number of unbranched alkanes of at least 4 members (excludes halogenated alkanes) is 1. The van der Waals surface area contributed by atoms with Gasteiger partial charge in [0.15, 0.2) is 6.29 Å². The Kier molecular flexibility index (Phi) is 9.09. The summed E-state index contributed by atoms with van der Waals surface area (Å²) in [6.07, 6.45) is 11.1. The predicted molar refractivity (Wildman–Crippen MR) is 129 cm³/mol. The van der Waals surface area contributed by atoms with Gasteiger partial charge >= 0.3 is 0 Å². The Balaban J connectivity index is 1.89. The number of anilines is 1. The van der Waals surface area contributed by atoms with Crippen molar-refractivity contribution in [1.82, 2.24) is 15.2 Å². The van der Waals surface area contributed by atoms with Crippen LogP contribution in [0.3, 0.4) is 0 Å². The number of nitrogens with zero attached hydrogens (tertiary/aromatic N) is 5. The van der Waals surface area contributed by atoms with E-state index >= 15 is 0 Å². The number of nitrogens with one attached hydrogen (secondary N) is 1. The first-order chi connectivity index (χ1) is 16.6. The van der Waals surface area contributed by atoms with Crippen molar-refractivity contribution < 1.29 is 14.4 Å². The van der Waals surface area contributed by atoms with Gasteiger partial charge in [-0.1, -0.05) is 13.3 Å². The van der Waals surface area contributed by atoms with E-state index in [0.29, 0.717) is 56.2 Å². The molecule has 1 aromatic heterocycles. The molecule has 1 N–H and O–H groups in total. The lowest BCUT2D eigenvalue weighted by atomic mass is 10.0. The van der Waals surface area contributed by atoms with Gasteiger partial charge in [-0.05, 0) is 43.4 Å². The zero-order chi connectivity index (χ0) is 24.3. The molecule has 2 aliphatic rings. The molecule has 0 radical (unpaired) electrons. The summed E-state index contributed by atoms with van der Waals surface area (Å²) in [7, 11) is 0. The molecule has 178 valence electrons. The summed E-state index contributed by atoms with van der Waals surface area (Å²) >= 11 is 0. The number of rotatable bonds is 11. The van der Waals surface area contributed by atoms with Gasteiger partial charge in [0.1, 0.15) is 17.6 Å². The number of allylic oxidation sites excluding steroid dienone is 2. The van der Waals surface area contributed by atoms with Crippen LogP contribution in [0.15, 0.2) is 35.1 Å². The molecule has 2 amide bonds. The van der Waals surface area contributed by atoms with E-state index in [2.05, 4.69) is 28.3 Å². The SMILES string of the molecule is CCCCN=C(/C=C/N1CCCc2cc(CN3CCCC3=O)c(C=O)nc21)C(C#N)=CNC=O. The first-order valence-corrected chi connectivity index (χ1v) is 11.7. The first kappa shape index (κ1) is 24.8. The Morgan fingerprint density at radius 1 is 1.29 bits per heavy atom. The average molecular weight is 463 g/mol. The molecule has 9 nitrogen and oxygen atoms in total. The van der Waals surface area contributed by atoms with Crippen LogP contribution in [-0.4, -0.2) is 53.8 Å². The highest BCUT2D eigenvalue weighted by Crippen LogP contribution is 2.28. The molecule has 34 heavy (non-hydrogen) atoms. The number of carbonyl (C=O) groups is 3. The van der Waals surface area contributed by atoms with E-state index in [1.165, 1.54) is 6.20 Å². The molecular formula is C25H30N6O3. The summed E-state index contributed by atoms with van der Waals surface area (Å²) in [5.41, 5.74) is 2.85. The van der Waals surface area contributed by atoms with Crippen LogP contribution < -0.4 is 10.2 Å². The minimum absolute atomic E-state index is 0.111. The van der Waals surface area contributed by atoms with E-state index in [4.69, 9.17) is 0 Å². The molecule has 1 saturated heterocycles. The van der Waals surface area contributed by atoms with Crippen molar-refractivity contribution in [2.45, 2.75) is 52.0 Å². The Morgan fingerprint density at radius 3 is 2.79 bits per heavy atom. The number of fused-ring (bicyclic) bond motifs is 1. The zero-order valence-corrected chi connectivity index (χ0v) is 19.5. The number of aliphatic imine (C=N–C) groups is 1. The fourth-order valence-electron chi connectivity index (χ4n) is 4.06. The van der Waals surface area contributed by atoms with Gasteiger partial charge in [0.05, 0.1) is 11.3 Å². The van der Waals surface area contributed by atoms with Crippen molar-refractivity contribution in [3.8, 4) is 6.07 Å². The number of nitriles is 1. The maximum atomic E-state index is 12.0. The molecule has 0 saturated carbocycles. The Bertz CT molecular complexity index is 1050. The highest BCUT2D eigenvalue weighted by atomic mass is 16.2. The standard InChI is InChI=1S/C25H30N6O3/c1-2-3-9-28-22(21(14-26)15-27-18-33)8-12-30-10-4-6-19-13-20(23(17-32)29-25(19)30)16-31-11-5-7-24(31)34/h8,12-13,15,17-18H,2-7,9-11,16H2,1H3,(H,27,33)/b12-8+,21-15?,28-22?. The Labute approximate surface area is 199 Å². The molecule has 9 heteroatoms. The van der Waals surface area contributed by atoms with Crippen LogP contribution in [0, 0.1) is 11.3 Å². The average Bonchev–Trinajstić information content (AvgIpc) is 3.26. The van der Waals surface area contributed by atoms with Crippen LogP contribution in [0.5, 0.6) is 0 Å². The molecule has 0 bridgehead atoms. The number of likely N-dealkylation sites (tertiary alicyclic amines) is 1.